The number of para-hydroxylation sites is 5. The van der Waals surface area contributed by atoms with E-state index in [-0.39, 0.29) is 0 Å². The molecule has 0 saturated carbocycles. The van der Waals surface area contributed by atoms with E-state index in [0.717, 1.165) is 0 Å². The van der Waals surface area contributed by atoms with Crippen LogP contribution < -0.4 is 0 Å². The predicted molar refractivity (Wildman–Crippen MR) is 220 cm³/mol. The van der Waals surface area contributed by atoms with Crippen molar-refractivity contribution in [3.05, 3.63) is 182 Å². The third-order valence-corrected chi connectivity index (χ3v) is 11.0. The highest BCUT2D eigenvalue weighted by Gasteiger charge is 2.18. The zero-order valence-corrected chi connectivity index (χ0v) is 28.7. The van der Waals surface area contributed by atoms with Crippen molar-refractivity contribution in [1.29, 1.82) is 0 Å². The minimum atomic E-state index is 1.17. The molecule has 0 unspecified atom stereocenters. The van der Waals surface area contributed by atoms with Crippen molar-refractivity contribution in [1.82, 2.24) is 13.7 Å². The Morgan fingerprint density at radius 3 is 1.31 bits per heavy atom. The second-order valence-electron chi connectivity index (χ2n) is 13.8. The summed E-state index contributed by atoms with van der Waals surface area (Å²) in [5.41, 5.74) is 14.5. The topological polar surface area (TPSA) is 14.8 Å². The van der Waals surface area contributed by atoms with Gasteiger partial charge >= 0.3 is 0 Å². The summed E-state index contributed by atoms with van der Waals surface area (Å²) in [7, 11) is 2.22. The first-order valence-electron chi connectivity index (χ1n) is 17.9. The molecule has 11 rings (SSSR count). The summed E-state index contributed by atoms with van der Waals surface area (Å²) in [4.78, 5) is 0. The standard InChI is InChI=1S/C49H33N3/c1-50-46-29-32(33-23-26-40-38-17-8-10-21-44(38)51(47(40)30-33)35-13-4-2-5-14-35)24-27-42(46)43-20-12-19-37(49(43)50)34-25-28-41-39-18-9-11-22-45(39)52(48(41)31-34)36-15-6-3-7-16-36/h2-31H,1H3. The van der Waals surface area contributed by atoms with Gasteiger partial charge in [-0.25, -0.2) is 0 Å². The van der Waals surface area contributed by atoms with Gasteiger partial charge in [0, 0.05) is 61.8 Å². The Balaban J connectivity index is 1.09. The molecule has 3 heterocycles. The quantitative estimate of drug-likeness (QED) is 0.178. The van der Waals surface area contributed by atoms with Gasteiger partial charge in [0.25, 0.3) is 0 Å². The molecular weight excluding hydrogens is 631 g/mol. The van der Waals surface area contributed by atoms with Crippen LogP contribution in [0.25, 0.3) is 99.0 Å². The third kappa shape index (κ3) is 4.14. The van der Waals surface area contributed by atoms with Crippen LogP contribution in [0.5, 0.6) is 0 Å². The smallest absolute Gasteiger partial charge is 0.0568 e. The van der Waals surface area contributed by atoms with Gasteiger partial charge in [0.05, 0.1) is 27.6 Å². The van der Waals surface area contributed by atoms with Gasteiger partial charge < -0.3 is 13.7 Å². The van der Waals surface area contributed by atoms with Gasteiger partial charge in [-0.15, -0.1) is 0 Å². The Morgan fingerprint density at radius 1 is 0.308 bits per heavy atom. The van der Waals surface area contributed by atoms with Gasteiger partial charge in [-0.1, -0.05) is 127 Å². The second kappa shape index (κ2) is 11.1. The van der Waals surface area contributed by atoms with E-state index in [1.165, 1.54) is 99.0 Å². The molecule has 0 N–H and O–H groups in total. The molecule has 0 spiro atoms. The molecule has 0 bridgehead atoms. The van der Waals surface area contributed by atoms with Crippen LogP contribution in [0.3, 0.4) is 0 Å². The average molecular weight is 664 g/mol. The highest BCUT2D eigenvalue weighted by Crippen LogP contribution is 2.41. The van der Waals surface area contributed by atoms with Crippen molar-refractivity contribution < 1.29 is 0 Å². The number of aryl methyl sites for hydroxylation is 1. The van der Waals surface area contributed by atoms with E-state index in [2.05, 4.69) is 203 Å². The molecule has 0 radical (unpaired) electrons. The molecule has 52 heavy (non-hydrogen) atoms. The Morgan fingerprint density at radius 2 is 0.731 bits per heavy atom. The van der Waals surface area contributed by atoms with Crippen molar-refractivity contribution in [2.45, 2.75) is 0 Å². The summed E-state index contributed by atoms with van der Waals surface area (Å²) in [5, 5.41) is 7.60. The van der Waals surface area contributed by atoms with Crippen LogP contribution in [-0.4, -0.2) is 13.7 Å². The van der Waals surface area contributed by atoms with Crippen LogP contribution in [0.2, 0.25) is 0 Å². The molecule has 3 nitrogen and oxygen atoms in total. The molecule has 3 aromatic heterocycles. The van der Waals surface area contributed by atoms with Crippen LogP contribution >= 0.6 is 0 Å². The summed E-state index contributed by atoms with van der Waals surface area (Å²) in [6.45, 7) is 0. The summed E-state index contributed by atoms with van der Waals surface area (Å²) in [6.07, 6.45) is 0. The number of nitrogens with zero attached hydrogens (tertiary/aromatic N) is 3. The third-order valence-electron chi connectivity index (χ3n) is 11.0. The Hall–Kier alpha value is -6.84. The number of hydrogen-bond donors (Lipinski definition) is 0. The zero-order valence-electron chi connectivity index (χ0n) is 28.7. The monoisotopic (exact) mass is 663 g/mol. The lowest BCUT2D eigenvalue weighted by molar-refractivity contribution is 1.02. The van der Waals surface area contributed by atoms with Gasteiger partial charge in [0.2, 0.25) is 0 Å². The number of hydrogen-bond acceptors (Lipinski definition) is 0. The lowest BCUT2D eigenvalue weighted by Crippen LogP contribution is -1.94. The molecule has 0 aliphatic heterocycles. The fraction of sp³-hybridized carbons (Fsp3) is 0.0204. The SMILES string of the molecule is Cn1c2cc(-c3ccc4c5ccccc5n(-c5ccccc5)c4c3)ccc2c2cccc(-c3ccc4c5ccccc5n(-c5ccccc5)c4c3)c21. The van der Waals surface area contributed by atoms with E-state index in [1.54, 1.807) is 0 Å². The maximum absolute atomic E-state index is 2.40. The van der Waals surface area contributed by atoms with E-state index in [1.807, 2.05) is 0 Å². The lowest BCUT2D eigenvalue weighted by Gasteiger charge is -2.10. The number of fused-ring (bicyclic) bond motifs is 9. The fourth-order valence-electron chi connectivity index (χ4n) is 8.69. The molecule has 0 aliphatic rings. The Kier molecular flexibility index (Phi) is 6.17. The summed E-state index contributed by atoms with van der Waals surface area (Å²) in [6, 6.07) is 66.5. The Labute approximate surface area is 300 Å². The van der Waals surface area contributed by atoms with Crippen LogP contribution in [0.1, 0.15) is 0 Å². The second-order valence-corrected chi connectivity index (χ2v) is 13.8. The van der Waals surface area contributed by atoms with Crippen LogP contribution in [-0.2, 0) is 7.05 Å². The first kappa shape index (κ1) is 28.9. The van der Waals surface area contributed by atoms with Crippen molar-refractivity contribution >= 4 is 65.4 Å². The molecule has 0 atom stereocenters. The molecule has 11 aromatic rings. The maximum Gasteiger partial charge on any atom is 0.0568 e. The molecule has 0 saturated heterocycles. The fourth-order valence-corrected chi connectivity index (χ4v) is 8.69. The van der Waals surface area contributed by atoms with Crippen molar-refractivity contribution in [3.8, 4) is 33.6 Å². The van der Waals surface area contributed by atoms with Gasteiger partial charge in [-0.05, 0) is 71.3 Å². The van der Waals surface area contributed by atoms with E-state index in [0.29, 0.717) is 0 Å². The van der Waals surface area contributed by atoms with Gasteiger partial charge in [-0.2, -0.15) is 0 Å². The predicted octanol–water partition coefficient (Wildman–Crippen LogP) is 12.9. The molecule has 244 valence electrons. The molecule has 0 fully saturated rings. The van der Waals surface area contributed by atoms with E-state index >= 15 is 0 Å². The number of rotatable bonds is 4. The van der Waals surface area contributed by atoms with Gasteiger partial charge in [0.1, 0.15) is 0 Å². The van der Waals surface area contributed by atoms with Gasteiger partial charge in [0.15, 0.2) is 0 Å². The summed E-state index contributed by atoms with van der Waals surface area (Å²) >= 11 is 0. The lowest BCUT2D eigenvalue weighted by atomic mass is 9.99. The molecular formula is C49H33N3. The van der Waals surface area contributed by atoms with Crippen LogP contribution in [0, 0.1) is 0 Å². The van der Waals surface area contributed by atoms with E-state index in [9.17, 15) is 0 Å². The molecule has 0 aliphatic carbocycles. The van der Waals surface area contributed by atoms with Crippen molar-refractivity contribution in [2.24, 2.45) is 7.05 Å². The molecule has 3 heteroatoms. The number of aromatic nitrogens is 3. The molecule has 0 amide bonds. The van der Waals surface area contributed by atoms with Crippen molar-refractivity contribution in [3.63, 3.8) is 0 Å². The van der Waals surface area contributed by atoms with Gasteiger partial charge in [-0.3, -0.25) is 0 Å². The zero-order chi connectivity index (χ0) is 34.3. The highest BCUT2D eigenvalue weighted by molar-refractivity contribution is 6.15. The maximum atomic E-state index is 2.40. The van der Waals surface area contributed by atoms with E-state index < -0.39 is 0 Å². The van der Waals surface area contributed by atoms with Crippen LogP contribution in [0.4, 0.5) is 0 Å². The minimum absolute atomic E-state index is 1.17. The average Bonchev–Trinajstić information content (AvgIpc) is 3.83. The first-order valence-corrected chi connectivity index (χ1v) is 17.9. The normalized spacial score (nSPS) is 11.9. The molecule has 8 aromatic carbocycles. The summed E-state index contributed by atoms with van der Waals surface area (Å²) < 4.78 is 7.18. The minimum Gasteiger partial charge on any atom is -0.343 e. The number of benzene rings is 8. The Bertz CT molecular complexity index is 3180. The van der Waals surface area contributed by atoms with Crippen LogP contribution in [0.15, 0.2) is 182 Å². The summed E-state index contributed by atoms with van der Waals surface area (Å²) in [5.74, 6) is 0. The largest absolute Gasteiger partial charge is 0.343 e. The highest BCUT2D eigenvalue weighted by atomic mass is 15.0. The first-order chi connectivity index (χ1) is 25.7. The van der Waals surface area contributed by atoms with Crippen molar-refractivity contribution in [2.75, 3.05) is 0 Å². The van der Waals surface area contributed by atoms with E-state index in [4.69, 9.17) is 0 Å².